The van der Waals surface area contributed by atoms with Crippen molar-refractivity contribution >= 4 is 5.76 Å². The summed E-state index contributed by atoms with van der Waals surface area (Å²) in [6.45, 7) is 2.35. The van der Waals surface area contributed by atoms with Gasteiger partial charge in [0.1, 0.15) is 23.7 Å². The Bertz CT molecular complexity index is 511. The maximum absolute atomic E-state index is 10.3. The molecule has 0 saturated carbocycles. The van der Waals surface area contributed by atoms with Gasteiger partial charge in [0.2, 0.25) is 0 Å². The van der Waals surface area contributed by atoms with Crippen molar-refractivity contribution in [3.63, 3.8) is 0 Å². The van der Waals surface area contributed by atoms with Crippen LogP contribution in [-0.4, -0.2) is 47.9 Å². The van der Waals surface area contributed by atoms with E-state index in [0.717, 1.165) is 0 Å². The Morgan fingerprint density at radius 2 is 2.14 bits per heavy atom. The Hall–Kier alpha value is -1.92. The molecule has 6 heteroatoms. The second-order valence-electron chi connectivity index (χ2n) is 4.60. The molecule has 1 aromatic rings. The van der Waals surface area contributed by atoms with E-state index in [1.807, 2.05) is 6.92 Å². The highest BCUT2D eigenvalue weighted by atomic mass is 16.5. The first kappa shape index (κ1) is 15.5. The molecule has 0 aromatic heterocycles. The molecule has 21 heavy (non-hydrogen) atoms. The Labute approximate surface area is 123 Å². The highest BCUT2D eigenvalue weighted by Crippen LogP contribution is 2.38. The highest BCUT2D eigenvalue weighted by molar-refractivity contribution is 5.73. The number of hydrogen-bond donors (Lipinski definition) is 3. The second-order valence-corrected chi connectivity index (χ2v) is 4.60. The third-order valence-corrected chi connectivity index (χ3v) is 3.09. The summed E-state index contributed by atoms with van der Waals surface area (Å²) < 4.78 is 16.5. The molecule has 0 fully saturated rings. The van der Waals surface area contributed by atoms with Crippen molar-refractivity contribution in [3.05, 3.63) is 29.5 Å². The molecular weight excluding hydrogens is 276 g/mol. The molecule has 0 amide bonds. The molecule has 1 aliphatic rings. The second kappa shape index (κ2) is 7.19. The van der Waals surface area contributed by atoms with Crippen LogP contribution in [0.1, 0.15) is 18.9 Å². The van der Waals surface area contributed by atoms with Gasteiger partial charge in [0.25, 0.3) is 0 Å². The first-order chi connectivity index (χ1) is 10.2. The highest BCUT2D eigenvalue weighted by Gasteiger charge is 2.24. The van der Waals surface area contributed by atoms with Gasteiger partial charge in [0.05, 0.1) is 25.9 Å². The van der Waals surface area contributed by atoms with Gasteiger partial charge in [-0.25, -0.2) is 0 Å². The van der Waals surface area contributed by atoms with Crippen LogP contribution in [0.15, 0.2) is 24.0 Å². The van der Waals surface area contributed by atoms with Crippen LogP contribution in [0, 0.1) is 0 Å². The minimum absolute atomic E-state index is 0.0106. The van der Waals surface area contributed by atoms with Gasteiger partial charge in [-0.1, -0.05) is 6.07 Å². The Morgan fingerprint density at radius 1 is 1.33 bits per heavy atom. The van der Waals surface area contributed by atoms with E-state index >= 15 is 0 Å². The van der Waals surface area contributed by atoms with Gasteiger partial charge < -0.3 is 29.5 Å². The van der Waals surface area contributed by atoms with E-state index in [1.165, 1.54) is 0 Å². The van der Waals surface area contributed by atoms with Crippen molar-refractivity contribution < 1.29 is 29.5 Å². The summed E-state index contributed by atoms with van der Waals surface area (Å²) in [5.74, 6) is 1.36. The number of fused-ring (bicyclic) bond motifs is 1. The van der Waals surface area contributed by atoms with Gasteiger partial charge in [-0.05, 0) is 19.1 Å². The van der Waals surface area contributed by atoms with E-state index in [2.05, 4.69) is 0 Å². The van der Waals surface area contributed by atoms with E-state index in [9.17, 15) is 10.2 Å². The number of ether oxygens (including phenoxy) is 3. The molecule has 0 spiro atoms. The minimum atomic E-state index is -0.816. The van der Waals surface area contributed by atoms with Gasteiger partial charge in [0.15, 0.2) is 11.5 Å². The van der Waals surface area contributed by atoms with Crippen molar-refractivity contribution in [2.24, 2.45) is 0 Å². The molecule has 2 rings (SSSR count). The lowest BCUT2D eigenvalue weighted by Gasteiger charge is -2.22. The number of aliphatic hydroxyl groups is 3. The summed E-state index contributed by atoms with van der Waals surface area (Å²) in [6.07, 6.45) is -0.520. The molecule has 0 bridgehead atoms. The molecule has 1 unspecified atom stereocenters. The number of hydrogen-bond acceptors (Lipinski definition) is 6. The molecule has 0 radical (unpaired) electrons. The van der Waals surface area contributed by atoms with Gasteiger partial charge in [0, 0.05) is 6.42 Å². The zero-order valence-corrected chi connectivity index (χ0v) is 11.9. The fourth-order valence-corrected chi connectivity index (χ4v) is 2.02. The largest absolute Gasteiger partial charge is 0.504 e. The van der Waals surface area contributed by atoms with Gasteiger partial charge >= 0.3 is 0 Å². The average molecular weight is 296 g/mol. The van der Waals surface area contributed by atoms with Crippen molar-refractivity contribution in [1.29, 1.82) is 0 Å². The molecule has 0 aliphatic carbocycles. The normalized spacial score (nSPS) is 15.2. The summed E-state index contributed by atoms with van der Waals surface area (Å²) in [5, 5.41) is 28.4. The van der Waals surface area contributed by atoms with Crippen LogP contribution < -0.4 is 9.47 Å². The van der Waals surface area contributed by atoms with Crippen LogP contribution in [-0.2, 0) is 4.74 Å². The molecular formula is C15H20O6. The standard InChI is InChI=1S/C15H20O6/c1-2-19-13-9-21-12-5-3-4-11(14(12)15(13)18)20-7-6-10(17)8-16/h3-5,10,16-18H,2,6-9H2,1H3. The summed E-state index contributed by atoms with van der Waals surface area (Å²) in [6, 6.07) is 5.21. The summed E-state index contributed by atoms with van der Waals surface area (Å²) >= 11 is 0. The van der Waals surface area contributed by atoms with Crippen LogP contribution in [0.5, 0.6) is 11.5 Å². The first-order valence-electron chi connectivity index (χ1n) is 6.90. The number of benzene rings is 1. The van der Waals surface area contributed by atoms with E-state index in [0.29, 0.717) is 35.8 Å². The van der Waals surface area contributed by atoms with Crippen LogP contribution in [0.2, 0.25) is 0 Å². The van der Waals surface area contributed by atoms with Crippen molar-refractivity contribution in [1.82, 2.24) is 0 Å². The SMILES string of the molecule is CCOC1=C(O)c2c(OCCC(O)CO)cccc2OC1. The van der Waals surface area contributed by atoms with E-state index in [1.54, 1.807) is 18.2 Å². The first-order valence-corrected chi connectivity index (χ1v) is 6.90. The lowest BCUT2D eigenvalue weighted by molar-refractivity contribution is 0.0752. The van der Waals surface area contributed by atoms with Crippen LogP contribution in [0.3, 0.4) is 0 Å². The van der Waals surface area contributed by atoms with Crippen LogP contribution >= 0.6 is 0 Å². The Balaban J connectivity index is 2.18. The molecule has 1 aliphatic heterocycles. The lowest BCUT2D eigenvalue weighted by Crippen LogP contribution is -2.17. The molecule has 1 aromatic carbocycles. The maximum atomic E-state index is 10.3. The van der Waals surface area contributed by atoms with E-state index in [-0.39, 0.29) is 25.6 Å². The Kier molecular flexibility index (Phi) is 5.30. The van der Waals surface area contributed by atoms with Crippen LogP contribution in [0.4, 0.5) is 0 Å². The van der Waals surface area contributed by atoms with Crippen LogP contribution in [0.25, 0.3) is 5.76 Å². The lowest BCUT2D eigenvalue weighted by atomic mass is 10.1. The van der Waals surface area contributed by atoms with Crippen molar-refractivity contribution in [2.75, 3.05) is 26.4 Å². The molecule has 3 N–H and O–H groups in total. The predicted molar refractivity (Wildman–Crippen MR) is 76.3 cm³/mol. The predicted octanol–water partition coefficient (Wildman–Crippen LogP) is 1.46. The third kappa shape index (κ3) is 3.59. The van der Waals surface area contributed by atoms with Gasteiger partial charge in [-0.3, -0.25) is 0 Å². The number of aliphatic hydroxyl groups excluding tert-OH is 3. The zero-order chi connectivity index (χ0) is 15.2. The zero-order valence-electron chi connectivity index (χ0n) is 11.9. The quantitative estimate of drug-likeness (QED) is 0.706. The molecule has 1 atom stereocenters. The fraction of sp³-hybridized carbons (Fsp3) is 0.467. The Morgan fingerprint density at radius 3 is 2.86 bits per heavy atom. The fourth-order valence-electron chi connectivity index (χ4n) is 2.02. The van der Waals surface area contributed by atoms with Crippen molar-refractivity contribution in [2.45, 2.75) is 19.4 Å². The minimum Gasteiger partial charge on any atom is -0.504 e. The van der Waals surface area contributed by atoms with Gasteiger partial charge in [-0.15, -0.1) is 0 Å². The summed E-state index contributed by atoms with van der Waals surface area (Å²) in [4.78, 5) is 0. The summed E-state index contributed by atoms with van der Waals surface area (Å²) in [7, 11) is 0. The summed E-state index contributed by atoms with van der Waals surface area (Å²) in [5.41, 5.74) is 0.450. The maximum Gasteiger partial charge on any atom is 0.176 e. The molecule has 0 saturated heterocycles. The monoisotopic (exact) mass is 296 g/mol. The molecule has 6 nitrogen and oxygen atoms in total. The average Bonchev–Trinajstić information content (AvgIpc) is 2.50. The van der Waals surface area contributed by atoms with Crippen molar-refractivity contribution in [3.8, 4) is 11.5 Å². The smallest absolute Gasteiger partial charge is 0.176 e. The topological polar surface area (TPSA) is 88.4 Å². The molecule has 1 heterocycles. The van der Waals surface area contributed by atoms with E-state index < -0.39 is 6.10 Å². The third-order valence-electron chi connectivity index (χ3n) is 3.09. The number of rotatable bonds is 7. The van der Waals surface area contributed by atoms with E-state index in [4.69, 9.17) is 19.3 Å². The van der Waals surface area contributed by atoms with Gasteiger partial charge in [-0.2, -0.15) is 0 Å². The molecule has 116 valence electrons.